The van der Waals surface area contributed by atoms with Crippen LogP contribution >= 0.6 is 0 Å². The third-order valence-electron chi connectivity index (χ3n) is 4.62. The summed E-state index contributed by atoms with van der Waals surface area (Å²) in [7, 11) is 0. The van der Waals surface area contributed by atoms with Crippen LogP contribution in [0.15, 0.2) is 18.5 Å². The van der Waals surface area contributed by atoms with Gasteiger partial charge in [0.1, 0.15) is 17.0 Å². The first-order valence-electron chi connectivity index (χ1n) is 7.91. The first-order chi connectivity index (χ1) is 10.4. The summed E-state index contributed by atoms with van der Waals surface area (Å²) >= 11 is 0. The molecule has 3 heterocycles. The highest BCUT2D eigenvalue weighted by Gasteiger charge is 2.22. The van der Waals surface area contributed by atoms with Crippen LogP contribution in [-0.2, 0) is 6.42 Å². The zero-order valence-electron chi connectivity index (χ0n) is 12.2. The quantitative estimate of drug-likeness (QED) is 0.776. The van der Waals surface area contributed by atoms with E-state index in [0.29, 0.717) is 12.6 Å². The molecule has 0 atom stereocenters. The predicted octanol–water partition coefficient (Wildman–Crippen LogP) is 2.92. The topological polar surface area (TPSA) is 72.5 Å². The van der Waals surface area contributed by atoms with Crippen molar-refractivity contribution in [3.63, 3.8) is 0 Å². The third-order valence-corrected chi connectivity index (χ3v) is 4.62. The molecular weight excluding hydrogens is 262 g/mol. The van der Waals surface area contributed by atoms with Crippen molar-refractivity contribution in [3.05, 3.63) is 24.3 Å². The van der Waals surface area contributed by atoms with Crippen LogP contribution in [0.2, 0.25) is 0 Å². The fraction of sp³-hybridized carbons (Fsp3) is 0.500. The molecule has 1 fully saturated rings. The van der Waals surface area contributed by atoms with Gasteiger partial charge >= 0.3 is 0 Å². The van der Waals surface area contributed by atoms with Crippen molar-refractivity contribution in [3.8, 4) is 0 Å². The van der Waals surface area contributed by atoms with Gasteiger partial charge in [0, 0.05) is 24.0 Å². The molecular formula is C16H21N5. The minimum atomic E-state index is 0.561. The maximum absolute atomic E-state index is 5.80. The summed E-state index contributed by atoms with van der Waals surface area (Å²) in [5.41, 5.74) is 8.97. The summed E-state index contributed by atoms with van der Waals surface area (Å²) in [5.74, 6) is 1.12. The molecule has 0 spiro atoms. The van der Waals surface area contributed by atoms with Crippen LogP contribution < -0.4 is 5.73 Å². The first-order valence-corrected chi connectivity index (χ1v) is 7.91. The first kappa shape index (κ1) is 12.8. The van der Waals surface area contributed by atoms with Crippen molar-refractivity contribution in [1.82, 2.24) is 19.5 Å². The molecule has 3 N–H and O–H groups in total. The largest absolute Gasteiger partial charge is 0.346 e. The number of aromatic nitrogens is 4. The van der Waals surface area contributed by atoms with E-state index in [1.54, 1.807) is 0 Å². The van der Waals surface area contributed by atoms with Gasteiger partial charge in [-0.05, 0) is 25.5 Å². The van der Waals surface area contributed by atoms with Gasteiger partial charge in [0.05, 0.1) is 11.7 Å². The van der Waals surface area contributed by atoms with E-state index >= 15 is 0 Å². The molecule has 0 bridgehead atoms. The molecule has 0 unspecified atom stereocenters. The van der Waals surface area contributed by atoms with Gasteiger partial charge < -0.3 is 15.3 Å². The number of rotatable bonds is 3. The molecule has 0 aromatic carbocycles. The number of hydrogen-bond donors (Lipinski definition) is 2. The van der Waals surface area contributed by atoms with Gasteiger partial charge in [-0.2, -0.15) is 0 Å². The zero-order chi connectivity index (χ0) is 14.2. The third kappa shape index (κ3) is 2.03. The normalized spacial score (nSPS) is 17.0. The number of nitrogens with zero attached hydrogens (tertiary/aromatic N) is 3. The van der Waals surface area contributed by atoms with Crippen molar-refractivity contribution in [1.29, 1.82) is 0 Å². The monoisotopic (exact) mass is 283 g/mol. The summed E-state index contributed by atoms with van der Waals surface area (Å²) in [4.78, 5) is 12.5. The van der Waals surface area contributed by atoms with Crippen molar-refractivity contribution in [2.45, 2.75) is 44.6 Å². The van der Waals surface area contributed by atoms with Crippen LogP contribution in [-0.4, -0.2) is 26.1 Å². The number of pyridine rings is 1. The number of nitrogens with two attached hydrogens (primary N) is 1. The number of fused-ring (bicyclic) bond motifs is 3. The summed E-state index contributed by atoms with van der Waals surface area (Å²) < 4.78 is 2.46. The maximum Gasteiger partial charge on any atom is 0.139 e. The van der Waals surface area contributed by atoms with Gasteiger partial charge in [0.2, 0.25) is 0 Å². The van der Waals surface area contributed by atoms with Gasteiger partial charge in [-0.15, -0.1) is 0 Å². The molecule has 0 saturated heterocycles. The summed E-state index contributed by atoms with van der Waals surface area (Å²) in [6.07, 6.45) is 11.1. The smallest absolute Gasteiger partial charge is 0.139 e. The number of H-pyrrole nitrogens is 1. The molecule has 3 aromatic rings. The van der Waals surface area contributed by atoms with Crippen LogP contribution in [0.4, 0.5) is 0 Å². The van der Waals surface area contributed by atoms with Crippen LogP contribution in [0, 0.1) is 0 Å². The average molecular weight is 283 g/mol. The Morgan fingerprint density at radius 1 is 1.29 bits per heavy atom. The second-order valence-electron chi connectivity index (χ2n) is 5.96. The van der Waals surface area contributed by atoms with E-state index in [2.05, 4.69) is 20.6 Å². The Hall–Kier alpha value is -1.88. The minimum Gasteiger partial charge on any atom is -0.346 e. The lowest BCUT2D eigenvalue weighted by Gasteiger charge is -2.25. The highest BCUT2D eigenvalue weighted by molar-refractivity contribution is 6.01. The highest BCUT2D eigenvalue weighted by atomic mass is 15.1. The van der Waals surface area contributed by atoms with E-state index in [4.69, 9.17) is 10.7 Å². The van der Waals surface area contributed by atoms with Crippen LogP contribution in [0.25, 0.3) is 22.1 Å². The lowest BCUT2D eigenvalue weighted by atomic mass is 9.95. The Morgan fingerprint density at radius 2 is 2.14 bits per heavy atom. The van der Waals surface area contributed by atoms with Crippen molar-refractivity contribution in [2.75, 3.05) is 6.54 Å². The minimum absolute atomic E-state index is 0.561. The van der Waals surface area contributed by atoms with Crippen molar-refractivity contribution >= 4 is 22.1 Å². The Bertz CT molecular complexity index is 764. The van der Waals surface area contributed by atoms with E-state index < -0.39 is 0 Å². The molecule has 1 aliphatic rings. The molecule has 0 radical (unpaired) electrons. The maximum atomic E-state index is 5.80. The Balaban J connectivity index is 1.98. The molecule has 5 nitrogen and oxygen atoms in total. The SMILES string of the molecule is NCCc1nc2cnc3[nH]ccc3c2n1C1CCCCC1. The lowest BCUT2D eigenvalue weighted by Crippen LogP contribution is -2.17. The van der Waals surface area contributed by atoms with E-state index in [-0.39, 0.29) is 0 Å². The standard InChI is InChI=1S/C16H21N5/c17-8-6-14-20-13-10-19-16-12(7-9-18-16)15(13)21(14)11-4-2-1-3-5-11/h7,9-11H,1-6,8,17H2,(H,18,19). The van der Waals surface area contributed by atoms with Crippen LogP contribution in [0.1, 0.15) is 44.0 Å². The second-order valence-corrected chi connectivity index (χ2v) is 5.96. The van der Waals surface area contributed by atoms with E-state index in [0.717, 1.165) is 23.4 Å². The molecule has 0 amide bonds. The Labute approximate surface area is 123 Å². The number of aromatic amines is 1. The molecule has 110 valence electrons. The Morgan fingerprint density at radius 3 is 2.95 bits per heavy atom. The average Bonchev–Trinajstić information content (AvgIpc) is 3.11. The molecule has 1 aliphatic carbocycles. The summed E-state index contributed by atoms with van der Waals surface area (Å²) in [6.45, 7) is 0.639. The molecule has 4 rings (SSSR count). The van der Waals surface area contributed by atoms with Gasteiger partial charge in [0.15, 0.2) is 0 Å². The molecule has 3 aromatic heterocycles. The van der Waals surface area contributed by atoms with Crippen LogP contribution in [0.5, 0.6) is 0 Å². The Kier molecular flexibility index (Phi) is 3.15. The van der Waals surface area contributed by atoms with Crippen molar-refractivity contribution < 1.29 is 0 Å². The van der Waals surface area contributed by atoms with Gasteiger partial charge in [-0.25, -0.2) is 9.97 Å². The van der Waals surface area contributed by atoms with Gasteiger partial charge in [-0.1, -0.05) is 19.3 Å². The fourth-order valence-corrected chi connectivity index (χ4v) is 3.68. The molecule has 1 saturated carbocycles. The molecule has 0 aliphatic heterocycles. The van der Waals surface area contributed by atoms with Crippen LogP contribution in [0.3, 0.4) is 0 Å². The summed E-state index contributed by atoms with van der Waals surface area (Å²) in [6, 6.07) is 2.67. The summed E-state index contributed by atoms with van der Waals surface area (Å²) in [5, 5.41) is 1.17. The van der Waals surface area contributed by atoms with Gasteiger partial charge in [-0.3, -0.25) is 0 Å². The number of hydrogen-bond acceptors (Lipinski definition) is 3. The van der Waals surface area contributed by atoms with E-state index in [9.17, 15) is 0 Å². The molecule has 21 heavy (non-hydrogen) atoms. The molecule has 5 heteroatoms. The van der Waals surface area contributed by atoms with Crippen molar-refractivity contribution in [2.24, 2.45) is 5.73 Å². The van der Waals surface area contributed by atoms with E-state index in [1.807, 2.05) is 12.4 Å². The fourth-order valence-electron chi connectivity index (χ4n) is 3.68. The predicted molar refractivity (Wildman–Crippen MR) is 84.3 cm³/mol. The number of nitrogens with one attached hydrogen (secondary N) is 1. The zero-order valence-corrected chi connectivity index (χ0v) is 12.2. The van der Waals surface area contributed by atoms with Gasteiger partial charge in [0.25, 0.3) is 0 Å². The second kappa shape index (κ2) is 5.15. The highest BCUT2D eigenvalue weighted by Crippen LogP contribution is 2.34. The van der Waals surface area contributed by atoms with E-state index in [1.165, 1.54) is 43.0 Å². The lowest BCUT2D eigenvalue weighted by molar-refractivity contribution is 0.353. The number of imidazole rings is 1.